The number of carboxylic acids is 1. The van der Waals surface area contributed by atoms with Gasteiger partial charge in [0, 0.05) is 17.7 Å². The normalized spacial score (nSPS) is 24.1. The molecule has 1 amide bonds. The number of hydrogen-bond donors (Lipinski definition) is 4. The Morgan fingerprint density at radius 1 is 1.29 bits per heavy atom. The minimum absolute atomic E-state index is 0.0647. The largest absolute Gasteiger partial charge is 0.507 e. The van der Waals surface area contributed by atoms with Crippen LogP contribution in [0.2, 0.25) is 0 Å². The monoisotopic (exact) mass is 334 g/mol. The maximum atomic E-state index is 12.2. The summed E-state index contributed by atoms with van der Waals surface area (Å²) in [7, 11) is 0. The predicted octanol–water partition coefficient (Wildman–Crippen LogP) is 1.04. The molecule has 0 saturated heterocycles. The Balaban J connectivity index is 1.86. The first kappa shape index (κ1) is 16.4. The SMILES string of the molecule is O=C(O)CNC(=O)C1=C(O)C=C(C2CCCCCC2)N2NC=NC12. The van der Waals surface area contributed by atoms with Crippen LogP contribution >= 0.6 is 0 Å². The van der Waals surface area contributed by atoms with Crippen LogP contribution in [-0.2, 0) is 9.59 Å². The second kappa shape index (κ2) is 6.94. The molecule has 8 nitrogen and oxygen atoms in total. The average Bonchev–Trinajstić information content (AvgIpc) is 2.86. The average molecular weight is 334 g/mol. The summed E-state index contributed by atoms with van der Waals surface area (Å²) in [5.41, 5.74) is 4.03. The zero-order valence-corrected chi connectivity index (χ0v) is 13.4. The summed E-state index contributed by atoms with van der Waals surface area (Å²) >= 11 is 0. The number of carbonyl (C=O) groups is 2. The molecule has 130 valence electrons. The zero-order valence-electron chi connectivity index (χ0n) is 13.4. The molecule has 0 radical (unpaired) electrons. The van der Waals surface area contributed by atoms with Crippen molar-refractivity contribution >= 4 is 18.2 Å². The standard InChI is InChI=1S/C16H22N4O4/c21-12-7-11(10-5-3-1-2-4-6-10)20-15(18-9-19-20)14(12)16(24)17-8-13(22)23/h7,9-10,15,21H,1-6,8H2,(H,17,24)(H,18,19)(H,22,23). The summed E-state index contributed by atoms with van der Waals surface area (Å²) < 4.78 is 0. The van der Waals surface area contributed by atoms with Crippen LogP contribution in [0.5, 0.6) is 0 Å². The summed E-state index contributed by atoms with van der Waals surface area (Å²) in [5.74, 6) is -1.59. The number of carboxylic acid groups (broad SMARTS) is 1. The van der Waals surface area contributed by atoms with Gasteiger partial charge in [-0.2, -0.15) is 0 Å². The molecule has 4 N–H and O–H groups in total. The first-order valence-corrected chi connectivity index (χ1v) is 8.29. The number of nitrogens with zero attached hydrogens (tertiary/aromatic N) is 2. The molecule has 0 aromatic heterocycles. The first-order valence-electron chi connectivity index (χ1n) is 8.29. The summed E-state index contributed by atoms with van der Waals surface area (Å²) in [6, 6.07) is 0. The van der Waals surface area contributed by atoms with Crippen LogP contribution < -0.4 is 10.7 Å². The number of aliphatic hydroxyl groups is 1. The van der Waals surface area contributed by atoms with Gasteiger partial charge in [0.05, 0.1) is 0 Å². The van der Waals surface area contributed by atoms with E-state index >= 15 is 0 Å². The Morgan fingerprint density at radius 3 is 2.67 bits per heavy atom. The highest BCUT2D eigenvalue weighted by Crippen LogP contribution is 2.36. The van der Waals surface area contributed by atoms with Gasteiger partial charge in [0.25, 0.3) is 5.91 Å². The van der Waals surface area contributed by atoms with Crippen LogP contribution in [0.3, 0.4) is 0 Å². The van der Waals surface area contributed by atoms with Gasteiger partial charge in [0.1, 0.15) is 24.2 Å². The Hall–Kier alpha value is -2.51. The first-order chi connectivity index (χ1) is 11.6. The predicted molar refractivity (Wildman–Crippen MR) is 86.8 cm³/mol. The van der Waals surface area contributed by atoms with Gasteiger partial charge >= 0.3 is 5.97 Å². The number of rotatable bonds is 4. The van der Waals surface area contributed by atoms with Gasteiger partial charge in [0.15, 0.2) is 6.17 Å². The van der Waals surface area contributed by atoms with Gasteiger partial charge in [-0.1, -0.05) is 25.7 Å². The fourth-order valence-electron chi connectivity index (χ4n) is 3.52. The number of hydrogen-bond acceptors (Lipinski definition) is 6. The van der Waals surface area contributed by atoms with E-state index in [9.17, 15) is 14.7 Å². The Morgan fingerprint density at radius 2 is 2.00 bits per heavy atom. The van der Waals surface area contributed by atoms with Gasteiger partial charge in [0.2, 0.25) is 0 Å². The van der Waals surface area contributed by atoms with Gasteiger partial charge < -0.3 is 15.5 Å². The number of amides is 1. The smallest absolute Gasteiger partial charge is 0.322 e. The number of aliphatic carboxylic acids is 1. The molecule has 0 bridgehead atoms. The number of allylic oxidation sites excluding steroid dienone is 2. The van der Waals surface area contributed by atoms with Crippen molar-refractivity contribution in [1.82, 2.24) is 15.8 Å². The van der Waals surface area contributed by atoms with Gasteiger partial charge in [-0.3, -0.25) is 20.0 Å². The molecule has 0 aromatic carbocycles. The van der Waals surface area contributed by atoms with Crippen LogP contribution in [0, 0.1) is 5.92 Å². The van der Waals surface area contributed by atoms with Gasteiger partial charge in [-0.25, -0.2) is 4.99 Å². The third-order valence-electron chi connectivity index (χ3n) is 4.67. The molecule has 3 aliphatic rings. The number of aliphatic hydroxyl groups excluding tert-OH is 1. The highest BCUT2D eigenvalue weighted by atomic mass is 16.4. The van der Waals surface area contributed by atoms with Crippen molar-refractivity contribution < 1.29 is 19.8 Å². The molecule has 8 heteroatoms. The lowest BCUT2D eigenvalue weighted by atomic mass is 9.92. The summed E-state index contributed by atoms with van der Waals surface area (Å²) in [4.78, 5) is 27.1. The van der Waals surface area contributed by atoms with Crippen molar-refractivity contribution in [1.29, 1.82) is 0 Å². The number of fused-ring (bicyclic) bond motifs is 1. The number of aliphatic imine (C=N–C) groups is 1. The van der Waals surface area contributed by atoms with E-state index in [2.05, 4.69) is 15.7 Å². The van der Waals surface area contributed by atoms with Crippen molar-refractivity contribution in [2.75, 3.05) is 6.54 Å². The van der Waals surface area contributed by atoms with Crippen molar-refractivity contribution in [2.45, 2.75) is 44.7 Å². The van der Waals surface area contributed by atoms with Crippen LogP contribution in [-0.4, -0.2) is 46.1 Å². The molecule has 2 aliphatic heterocycles. The molecule has 2 heterocycles. The van der Waals surface area contributed by atoms with Crippen molar-refractivity contribution in [2.24, 2.45) is 10.9 Å². The second-order valence-corrected chi connectivity index (χ2v) is 6.28. The Labute approximate surface area is 139 Å². The fraction of sp³-hybridized carbons (Fsp3) is 0.562. The third-order valence-corrected chi connectivity index (χ3v) is 4.67. The molecular formula is C16H22N4O4. The van der Waals surface area contributed by atoms with E-state index < -0.39 is 24.6 Å². The van der Waals surface area contributed by atoms with Crippen LogP contribution in [0.4, 0.5) is 0 Å². The molecule has 0 aromatic rings. The molecule has 24 heavy (non-hydrogen) atoms. The lowest BCUT2D eigenvalue weighted by molar-refractivity contribution is -0.137. The van der Waals surface area contributed by atoms with E-state index in [0.29, 0.717) is 5.92 Å². The van der Waals surface area contributed by atoms with E-state index in [1.165, 1.54) is 19.2 Å². The third kappa shape index (κ3) is 3.22. The molecule has 1 unspecified atom stereocenters. The van der Waals surface area contributed by atoms with E-state index in [1.807, 2.05) is 0 Å². The summed E-state index contributed by atoms with van der Waals surface area (Å²) in [5, 5.41) is 23.2. The van der Waals surface area contributed by atoms with Crippen molar-refractivity contribution in [3.05, 3.63) is 23.1 Å². The van der Waals surface area contributed by atoms with Gasteiger partial charge in [-0.05, 0) is 12.8 Å². The molecule has 3 rings (SSSR count). The van der Waals surface area contributed by atoms with E-state index in [4.69, 9.17) is 5.11 Å². The van der Waals surface area contributed by atoms with Crippen LogP contribution in [0.25, 0.3) is 0 Å². The van der Waals surface area contributed by atoms with Crippen molar-refractivity contribution in [3.63, 3.8) is 0 Å². The number of nitrogens with one attached hydrogen (secondary N) is 2. The molecule has 1 fully saturated rings. The Kier molecular flexibility index (Phi) is 4.73. The molecule has 1 saturated carbocycles. The Bertz CT molecular complexity index is 618. The van der Waals surface area contributed by atoms with Crippen molar-refractivity contribution in [3.8, 4) is 0 Å². The summed E-state index contributed by atoms with van der Waals surface area (Å²) in [6.07, 6.45) is 9.29. The summed E-state index contributed by atoms with van der Waals surface area (Å²) in [6.45, 7) is -0.501. The minimum atomic E-state index is -1.14. The molecule has 1 aliphatic carbocycles. The topological polar surface area (TPSA) is 114 Å². The maximum absolute atomic E-state index is 12.2. The lowest BCUT2D eigenvalue weighted by Gasteiger charge is -2.35. The van der Waals surface area contributed by atoms with Gasteiger partial charge in [-0.15, -0.1) is 0 Å². The quantitative estimate of drug-likeness (QED) is 0.571. The van der Waals surface area contributed by atoms with E-state index in [1.54, 1.807) is 11.1 Å². The zero-order chi connectivity index (χ0) is 17.1. The molecule has 1 atom stereocenters. The van der Waals surface area contributed by atoms with E-state index in [-0.39, 0.29) is 11.3 Å². The van der Waals surface area contributed by atoms with Crippen LogP contribution in [0.1, 0.15) is 38.5 Å². The lowest BCUT2D eigenvalue weighted by Crippen LogP contribution is -2.47. The molecular weight excluding hydrogens is 312 g/mol. The van der Waals surface area contributed by atoms with E-state index in [0.717, 1.165) is 31.4 Å². The van der Waals surface area contributed by atoms with Crippen LogP contribution in [0.15, 0.2) is 28.1 Å². The molecule has 0 spiro atoms. The maximum Gasteiger partial charge on any atom is 0.322 e. The minimum Gasteiger partial charge on any atom is -0.507 e. The second-order valence-electron chi connectivity index (χ2n) is 6.28. The fourth-order valence-corrected chi connectivity index (χ4v) is 3.52. The highest BCUT2D eigenvalue weighted by Gasteiger charge is 2.39. The highest BCUT2D eigenvalue weighted by molar-refractivity contribution is 5.97. The number of hydrazine groups is 1. The number of carbonyl (C=O) groups excluding carboxylic acids is 1.